The number of hydrogen-bond acceptors (Lipinski definition) is 0. The van der Waals surface area contributed by atoms with Crippen molar-refractivity contribution in [3.05, 3.63) is 0 Å². The molecule has 4 unspecified atom stereocenters. The maximum absolute atomic E-state index is 2.61. The smallest absolute Gasteiger partial charge is 0.0235 e. The summed E-state index contributed by atoms with van der Waals surface area (Å²) in [5, 5.41) is 0. The lowest BCUT2D eigenvalue weighted by atomic mass is 9.41. The largest absolute Gasteiger partial charge is 0.0588 e. The Morgan fingerprint density at radius 3 is 2.08 bits per heavy atom. The van der Waals surface area contributed by atoms with Crippen molar-refractivity contribution in [2.24, 2.45) is 35.0 Å². The summed E-state index contributed by atoms with van der Waals surface area (Å²) in [6, 6.07) is 0. The van der Waals surface area contributed by atoms with E-state index in [0.29, 0.717) is 0 Å². The van der Waals surface area contributed by atoms with E-state index in [1.54, 1.807) is 32.1 Å². The molecule has 4 aliphatic carbocycles. The number of hydrogen-bond donors (Lipinski definition) is 0. The quantitative estimate of drug-likeness (QED) is 0.513. The Kier molecular flexibility index (Phi) is 0.875. The van der Waals surface area contributed by atoms with Crippen molar-refractivity contribution in [1.82, 2.24) is 0 Å². The normalized spacial score (nSPS) is 71.2. The van der Waals surface area contributed by atoms with Gasteiger partial charge in [-0.25, -0.2) is 0 Å². The highest BCUT2D eigenvalue weighted by atomic mass is 14.8. The van der Waals surface area contributed by atoms with Gasteiger partial charge in [-0.3, -0.25) is 0 Å². The van der Waals surface area contributed by atoms with Gasteiger partial charge in [-0.15, -0.1) is 0 Å². The summed E-state index contributed by atoms with van der Waals surface area (Å²) in [6.45, 7) is 2.61. The molecular weight excluding hydrogens is 144 g/mol. The van der Waals surface area contributed by atoms with Crippen molar-refractivity contribution >= 4 is 0 Å². The minimum atomic E-state index is 0.885. The Morgan fingerprint density at radius 1 is 1.00 bits per heavy atom. The molecule has 0 aromatic rings. The van der Waals surface area contributed by atoms with Crippen LogP contribution in [-0.4, -0.2) is 0 Å². The minimum absolute atomic E-state index is 0.885. The summed E-state index contributed by atoms with van der Waals surface area (Å²) in [6.07, 6.45) is 7.98. The van der Waals surface area contributed by atoms with E-state index < -0.39 is 0 Å². The van der Waals surface area contributed by atoms with Gasteiger partial charge in [-0.05, 0) is 60.7 Å². The third kappa shape index (κ3) is 0.418. The zero-order valence-electron chi connectivity index (χ0n) is 7.92. The molecule has 4 fully saturated rings. The predicted octanol–water partition coefficient (Wildman–Crippen LogP) is 3.08. The van der Waals surface area contributed by atoms with E-state index in [0.717, 1.165) is 5.41 Å². The molecule has 0 bridgehead atoms. The van der Waals surface area contributed by atoms with E-state index in [9.17, 15) is 0 Å². The second kappa shape index (κ2) is 1.63. The van der Waals surface area contributed by atoms with E-state index >= 15 is 0 Å². The lowest BCUT2D eigenvalue weighted by Gasteiger charge is -2.64. The molecule has 12 heavy (non-hydrogen) atoms. The molecule has 4 aliphatic rings. The topological polar surface area (TPSA) is 0 Å². The van der Waals surface area contributed by atoms with Crippen LogP contribution in [0.3, 0.4) is 0 Å². The van der Waals surface area contributed by atoms with E-state index in [-0.39, 0.29) is 0 Å². The molecule has 66 valence electrons. The van der Waals surface area contributed by atoms with Crippen molar-refractivity contribution in [3.8, 4) is 0 Å². The van der Waals surface area contributed by atoms with Gasteiger partial charge < -0.3 is 0 Å². The molecule has 0 aromatic heterocycles. The SMILES string of the molecule is CC12C3CC1C1CCCC1C2C3. The molecule has 0 aromatic carbocycles. The van der Waals surface area contributed by atoms with E-state index in [4.69, 9.17) is 0 Å². The van der Waals surface area contributed by atoms with Gasteiger partial charge in [0.15, 0.2) is 0 Å². The van der Waals surface area contributed by atoms with Crippen molar-refractivity contribution in [2.75, 3.05) is 0 Å². The van der Waals surface area contributed by atoms with Crippen molar-refractivity contribution in [1.29, 1.82) is 0 Å². The fraction of sp³-hybridized carbons (Fsp3) is 1.00. The molecule has 0 nitrogen and oxygen atoms in total. The van der Waals surface area contributed by atoms with Gasteiger partial charge in [0.1, 0.15) is 0 Å². The van der Waals surface area contributed by atoms with Gasteiger partial charge in [0.25, 0.3) is 0 Å². The zero-order chi connectivity index (χ0) is 7.92. The van der Waals surface area contributed by atoms with Crippen LogP contribution in [0.5, 0.6) is 0 Å². The Morgan fingerprint density at radius 2 is 1.58 bits per heavy atom. The van der Waals surface area contributed by atoms with Crippen molar-refractivity contribution < 1.29 is 0 Å². The monoisotopic (exact) mass is 162 g/mol. The van der Waals surface area contributed by atoms with Crippen LogP contribution in [0.15, 0.2) is 0 Å². The lowest BCUT2D eigenvalue weighted by molar-refractivity contribution is -0.156. The summed E-state index contributed by atoms with van der Waals surface area (Å²) >= 11 is 0. The number of fused-ring (bicyclic) bond motifs is 3. The molecule has 0 saturated heterocycles. The van der Waals surface area contributed by atoms with Crippen LogP contribution in [0.2, 0.25) is 0 Å². The van der Waals surface area contributed by atoms with Crippen LogP contribution >= 0.6 is 0 Å². The van der Waals surface area contributed by atoms with Gasteiger partial charge in [0, 0.05) is 0 Å². The minimum Gasteiger partial charge on any atom is -0.0588 e. The zero-order valence-corrected chi connectivity index (χ0v) is 7.92. The van der Waals surface area contributed by atoms with Crippen LogP contribution < -0.4 is 0 Å². The lowest BCUT2D eigenvalue weighted by Crippen LogP contribution is -2.57. The first-order valence-corrected chi connectivity index (χ1v) is 5.82. The first-order valence-electron chi connectivity index (χ1n) is 5.82. The van der Waals surface area contributed by atoms with Crippen LogP contribution in [0.4, 0.5) is 0 Å². The molecule has 4 rings (SSSR count). The Labute approximate surface area is 74.7 Å². The molecule has 0 aliphatic heterocycles. The highest BCUT2D eigenvalue weighted by Gasteiger charge is 2.73. The summed E-state index contributed by atoms with van der Waals surface area (Å²) in [4.78, 5) is 0. The standard InChI is InChI=1S/C12H18/c1-12-7-5-10(12)8-3-2-4-9(8)11(12)6-7/h7-11H,2-6H2,1H3. The molecule has 0 radical (unpaired) electrons. The van der Waals surface area contributed by atoms with Gasteiger partial charge in [-0.2, -0.15) is 0 Å². The van der Waals surface area contributed by atoms with Gasteiger partial charge in [-0.1, -0.05) is 13.3 Å². The molecule has 4 saturated carbocycles. The van der Waals surface area contributed by atoms with Crippen LogP contribution in [0, 0.1) is 35.0 Å². The highest BCUT2D eigenvalue weighted by Crippen LogP contribution is 2.79. The molecule has 0 heteroatoms. The van der Waals surface area contributed by atoms with Crippen LogP contribution in [0.25, 0.3) is 0 Å². The van der Waals surface area contributed by atoms with Crippen LogP contribution in [-0.2, 0) is 0 Å². The van der Waals surface area contributed by atoms with E-state index in [1.807, 2.05) is 0 Å². The Hall–Kier alpha value is 0. The summed E-state index contributed by atoms with van der Waals surface area (Å²) in [5.74, 6) is 5.94. The van der Waals surface area contributed by atoms with Crippen molar-refractivity contribution in [2.45, 2.75) is 39.0 Å². The predicted molar refractivity (Wildman–Crippen MR) is 48.6 cm³/mol. The molecule has 0 N–H and O–H groups in total. The molecule has 0 amide bonds. The van der Waals surface area contributed by atoms with Crippen LogP contribution in [0.1, 0.15) is 39.0 Å². The van der Waals surface area contributed by atoms with E-state index in [2.05, 4.69) is 6.92 Å². The average Bonchev–Trinajstić information content (AvgIpc) is 2.50. The Bertz CT molecular complexity index is 218. The average molecular weight is 162 g/mol. The van der Waals surface area contributed by atoms with Crippen molar-refractivity contribution in [3.63, 3.8) is 0 Å². The second-order valence-corrected chi connectivity index (χ2v) is 6.01. The number of rotatable bonds is 0. The third-order valence-electron chi connectivity index (χ3n) is 6.21. The maximum Gasteiger partial charge on any atom is -0.0235 e. The Balaban J connectivity index is 1.80. The maximum atomic E-state index is 2.61. The highest BCUT2D eigenvalue weighted by molar-refractivity contribution is 5.21. The fourth-order valence-corrected chi connectivity index (χ4v) is 5.57. The second-order valence-electron chi connectivity index (χ2n) is 6.01. The molecule has 0 heterocycles. The molecular formula is C12H18. The molecule has 0 spiro atoms. The van der Waals surface area contributed by atoms with E-state index in [1.165, 1.54) is 29.6 Å². The molecule has 4 atom stereocenters. The summed E-state index contributed by atoms with van der Waals surface area (Å²) in [7, 11) is 0. The van der Waals surface area contributed by atoms with Gasteiger partial charge in [0.05, 0.1) is 0 Å². The fourth-order valence-electron chi connectivity index (χ4n) is 5.57. The summed E-state index contributed by atoms with van der Waals surface area (Å²) < 4.78 is 0. The van der Waals surface area contributed by atoms with Gasteiger partial charge in [0.2, 0.25) is 0 Å². The first kappa shape index (κ1) is 6.45. The van der Waals surface area contributed by atoms with Gasteiger partial charge >= 0.3 is 0 Å². The summed E-state index contributed by atoms with van der Waals surface area (Å²) in [5.41, 5.74) is 0.885. The third-order valence-corrected chi connectivity index (χ3v) is 6.21. The first-order chi connectivity index (χ1) is 5.82.